The maximum Gasteiger partial charge on any atom is 0.225 e. The first-order valence-electron chi connectivity index (χ1n) is 8.06. The van der Waals surface area contributed by atoms with Crippen LogP contribution >= 0.6 is 0 Å². The third kappa shape index (κ3) is 4.79. The van der Waals surface area contributed by atoms with E-state index in [4.69, 9.17) is 5.73 Å². The standard InChI is InChI=1S/C16H32N2O/c1-5-13(6-2)11-18(7-3)16(19)14-8-12(4)9-15(17)10-14/h12-15H,5-11,17H2,1-4H3. The van der Waals surface area contributed by atoms with Gasteiger partial charge in [0.25, 0.3) is 0 Å². The molecule has 0 aromatic carbocycles. The number of hydrogen-bond acceptors (Lipinski definition) is 2. The zero-order valence-electron chi connectivity index (χ0n) is 13.2. The van der Waals surface area contributed by atoms with Gasteiger partial charge in [0.15, 0.2) is 0 Å². The van der Waals surface area contributed by atoms with Gasteiger partial charge in [-0.25, -0.2) is 0 Å². The van der Waals surface area contributed by atoms with Crippen LogP contribution in [0.15, 0.2) is 0 Å². The largest absolute Gasteiger partial charge is 0.342 e. The lowest BCUT2D eigenvalue weighted by molar-refractivity contribution is -0.137. The van der Waals surface area contributed by atoms with E-state index in [-0.39, 0.29) is 12.0 Å². The monoisotopic (exact) mass is 268 g/mol. The van der Waals surface area contributed by atoms with Crippen LogP contribution in [0.25, 0.3) is 0 Å². The van der Waals surface area contributed by atoms with Gasteiger partial charge in [-0.3, -0.25) is 4.79 Å². The predicted octanol–water partition coefficient (Wildman–Crippen LogP) is 3.03. The highest BCUT2D eigenvalue weighted by molar-refractivity contribution is 5.79. The fourth-order valence-corrected chi connectivity index (χ4v) is 3.35. The molecule has 0 spiro atoms. The topological polar surface area (TPSA) is 46.3 Å². The van der Waals surface area contributed by atoms with Crippen LogP contribution in [0.5, 0.6) is 0 Å². The van der Waals surface area contributed by atoms with Crippen LogP contribution < -0.4 is 5.73 Å². The molecular weight excluding hydrogens is 236 g/mol. The van der Waals surface area contributed by atoms with Crippen molar-refractivity contribution in [3.63, 3.8) is 0 Å². The van der Waals surface area contributed by atoms with Gasteiger partial charge in [-0.2, -0.15) is 0 Å². The van der Waals surface area contributed by atoms with Gasteiger partial charge in [-0.1, -0.05) is 33.6 Å². The molecule has 0 aromatic heterocycles. The van der Waals surface area contributed by atoms with Gasteiger partial charge >= 0.3 is 0 Å². The third-order valence-electron chi connectivity index (χ3n) is 4.66. The Kier molecular flexibility index (Phi) is 6.84. The molecule has 2 N–H and O–H groups in total. The Morgan fingerprint density at radius 2 is 1.84 bits per heavy atom. The van der Waals surface area contributed by atoms with E-state index in [2.05, 4.69) is 32.6 Å². The Balaban J connectivity index is 2.61. The lowest BCUT2D eigenvalue weighted by Gasteiger charge is -2.35. The van der Waals surface area contributed by atoms with Crippen LogP contribution in [-0.2, 0) is 4.79 Å². The molecule has 1 saturated carbocycles. The van der Waals surface area contributed by atoms with Crippen LogP contribution in [0.3, 0.4) is 0 Å². The molecule has 0 radical (unpaired) electrons. The smallest absolute Gasteiger partial charge is 0.225 e. The number of carbonyl (C=O) groups is 1. The summed E-state index contributed by atoms with van der Waals surface area (Å²) in [7, 11) is 0. The molecule has 0 bridgehead atoms. The molecule has 112 valence electrons. The average Bonchev–Trinajstić information content (AvgIpc) is 2.38. The van der Waals surface area contributed by atoms with Crippen molar-refractivity contribution in [2.45, 2.75) is 65.8 Å². The van der Waals surface area contributed by atoms with Gasteiger partial charge in [0.05, 0.1) is 0 Å². The zero-order chi connectivity index (χ0) is 14.4. The molecule has 3 unspecified atom stereocenters. The molecule has 0 aromatic rings. The molecule has 1 rings (SSSR count). The second kappa shape index (κ2) is 7.88. The highest BCUT2D eigenvalue weighted by Crippen LogP contribution is 2.29. The predicted molar refractivity (Wildman–Crippen MR) is 80.8 cm³/mol. The molecule has 19 heavy (non-hydrogen) atoms. The van der Waals surface area contributed by atoms with Crippen molar-refractivity contribution in [3.05, 3.63) is 0 Å². The summed E-state index contributed by atoms with van der Waals surface area (Å²) in [6, 6.07) is 0.213. The minimum Gasteiger partial charge on any atom is -0.342 e. The Labute approximate surface area is 118 Å². The summed E-state index contributed by atoms with van der Waals surface area (Å²) in [6.45, 7) is 10.5. The number of nitrogens with zero attached hydrogens (tertiary/aromatic N) is 1. The Morgan fingerprint density at radius 1 is 1.21 bits per heavy atom. The van der Waals surface area contributed by atoms with E-state index in [1.165, 1.54) is 0 Å². The summed E-state index contributed by atoms with van der Waals surface area (Å²) in [6.07, 6.45) is 5.28. The average molecular weight is 268 g/mol. The van der Waals surface area contributed by atoms with Crippen molar-refractivity contribution in [1.82, 2.24) is 4.90 Å². The van der Waals surface area contributed by atoms with E-state index in [9.17, 15) is 4.79 Å². The first-order valence-corrected chi connectivity index (χ1v) is 8.06. The fraction of sp³-hybridized carbons (Fsp3) is 0.938. The summed E-state index contributed by atoms with van der Waals surface area (Å²) in [5.74, 6) is 1.73. The van der Waals surface area contributed by atoms with Gasteiger partial charge in [-0.05, 0) is 38.0 Å². The molecular formula is C16H32N2O. The molecule has 0 saturated heterocycles. The second-order valence-electron chi connectivity index (χ2n) is 6.33. The van der Waals surface area contributed by atoms with Crippen LogP contribution in [-0.4, -0.2) is 29.9 Å². The van der Waals surface area contributed by atoms with Gasteiger partial charge in [0, 0.05) is 25.0 Å². The van der Waals surface area contributed by atoms with Crippen molar-refractivity contribution in [1.29, 1.82) is 0 Å². The summed E-state index contributed by atoms with van der Waals surface area (Å²) in [5.41, 5.74) is 6.08. The molecule has 0 aliphatic heterocycles. The van der Waals surface area contributed by atoms with Crippen molar-refractivity contribution in [2.24, 2.45) is 23.5 Å². The zero-order valence-corrected chi connectivity index (χ0v) is 13.2. The maximum absolute atomic E-state index is 12.7. The fourth-order valence-electron chi connectivity index (χ4n) is 3.35. The SMILES string of the molecule is CCC(CC)CN(CC)C(=O)C1CC(C)CC(N)C1. The molecule has 0 heterocycles. The van der Waals surface area contributed by atoms with Crippen molar-refractivity contribution < 1.29 is 4.79 Å². The van der Waals surface area contributed by atoms with Gasteiger partial charge in [0.2, 0.25) is 5.91 Å². The maximum atomic E-state index is 12.7. The number of hydrogen-bond donors (Lipinski definition) is 1. The van der Waals surface area contributed by atoms with Gasteiger partial charge in [0.1, 0.15) is 0 Å². The number of nitrogens with two attached hydrogens (primary N) is 1. The lowest BCUT2D eigenvalue weighted by atomic mass is 9.79. The molecule has 3 nitrogen and oxygen atoms in total. The van der Waals surface area contributed by atoms with E-state index < -0.39 is 0 Å². The van der Waals surface area contributed by atoms with E-state index in [0.29, 0.717) is 17.7 Å². The Morgan fingerprint density at radius 3 is 2.32 bits per heavy atom. The number of carbonyl (C=O) groups excluding carboxylic acids is 1. The summed E-state index contributed by atoms with van der Waals surface area (Å²) in [4.78, 5) is 14.7. The normalized spacial score (nSPS) is 27.6. The van der Waals surface area contributed by atoms with Crippen molar-refractivity contribution in [2.75, 3.05) is 13.1 Å². The van der Waals surface area contributed by atoms with E-state index in [1.54, 1.807) is 0 Å². The molecule has 1 aliphatic rings. The molecule has 1 amide bonds. The van der Waals surface area contributed by atoms with E-state index in [0.717, 1.165) is 45.2 Å². The first kappa shape index (κ1) is 16.5. The minimum absolute atomic E-state index is 0.160. The van der Waals surface area contributed by atoms with Crippen LogP contribution in [0, 0.1) is 17.8 Å². The van der Waals surface area contributed by atoms with Crippen LogP contribution in [0.2, 0.25) is 0 Å². The van der Waals surface area contributed by atoms with E-state index >= 15 is 0 Å². The van der Waals surface area contributed by atoms with Crippen molar-refractivity contribution in [3.8, 4) is 0 Å². The highest BCUT2D eigenvalue weighted by atomic mass is 16.2. The van der Waals surface area contributed by atoms with Crippen LogP contribution in [0.1, 0.15) is 59.8 Å². The number of rotatable bonds is 6. The quantitative estimate of drug-likeness (QED) is 0.805. The molecule has 1 aliphatic carbocycles. The summed E-state index contributed by atoms with van der Waals surface area (Å²) >= 11 is 0. The van der Waals surface area contributed by atoms with E-state index in [1.807, 2.05) is 0 Å². The highest BCUT2D eigenvalue weighted by Gasteiger charge is 2.31. The van der Waals surface area contributed by atoms with Crippen molar-refractivity contribution >= 4 is 5.91 Å². The molecule has 3 heteroatoms. The van der Waals surface area contributed by atoms with Gasteiger partial charge < -0.3 is 10.6 Å². The second-order valence-corrected chi connectivity index (χ2v) is 6.33. The molecule has 3 atom stereocenters. The lowest BCUT2D eigenvalue weighted by Crippen LogP contribution is -2.44. The van der Waals surface area contributed by atoms with Crippen LogP contribution in [0.4, 0.5) is 0 Å². The summed E-state index contributed by atoms with van der Waals surface area (Å²) in [5, 5.41) is 0. The first-order chi connectivity index (χ1) is 9.01. The van der Waals surface area contributed by atoms with Gasteiger partial charge in [-0.15, -0.1) is 0 Å². The Hall–Kier alpha value is -0.570. The summed E-state index contributed by atoms with van der Waals surface area (Å²) < 4.78 is 0. The molecule has 1 fully saturated rings. The number of amides is 1. The Bertz CT molecular complexity index is 266. The third-order valence-corrected chi connectivity index (χ3v) is 4.66. The minimum atomic E-state index is 0.160.